The average molecular weight is 298 g/mol. The highest BCUT2D eigenvalue weighted by atomic mass is 32.2. The van der Waals surface area contributed by atoms with Crippen LogP contribution in [-0.4, -0.2) is 33.7 Å². The molecule has 0 fully saturated rings. The summed E-state index contributed by atoms with van der Waals surface area (Å²) in [6.45, 7) is 2.56. The van der Waals surface area contributed by atoms with Crippen molar-refractivity contribution in [2.45, 2.75) is 26.2 Å². The molecule has 6 nitrogen and oxygen atoms in total. The van der Waals surface area contributed by atoms with Gasteiger partial charge in [0.2, 0.25) is 0 Å². The molecule has 1 heterocycles. The lowest BCUT2D eigenvalue weighted by atomic mass is 10.1. The highest BCUT2D eigenvalue weighted by Crippen LogP contribution is 2.11. The first-order valence-corrected chi connectivity index (χ1v) is 8.35. The molecular weight excluding hydrogens is 276 g/mol. The van der Waals surface area contributed by atoms with Gasteiger partial charge < -0.3 is 10.7 Å². The maximum absolute atomic E-state index is 12.0. The Morgan fingerprint density at radius 1 is 1.45 bits per heavy atom. The van der Waals surface area contributed by atoms with Gasteiger partial charge >= 0.3 is 0 Å². The maximum Gasteiger partial charge on any atom is 0.251 e. The molecule has 0 aliphatic heterocycles. The molecule has 1 aromatic rings. The number of aryl methyl sites for hydroxylation is 1. The van der Waals surface area contributed by atoms with Gasteiger partial charge in [0, 0.05) is 40.6 Å². The molecule has 1 amide bonds. The van der Waals surface area contributed by atoms with Crippen LogP contribution in [0.4, 0.5) is 5.82 Å². The number of nitrogens with one attached hydrogen (secondary N) is 2. The highest BCUT2D eigenvalue weighted by Gasteiger charge is 2.09. The van der Waals surface area contributed by atoms with Gasteiger partial charge in [-0.2, -0.15) is 0 Å². The van der Waals surface area contributed by atoms with E-state index in [9.17, 15) is 9.00 Å². The molecule has 0 aliphatic carbocycles. The first-order valence-electron chi connectivity index (χ1n) is 6.62. The Bertz CT molecular complexity index is 479. The van der Waals surface area contributed by atoms with E-state index >= 15 is 0 Å². The van der Waals surface area contributed by atoms with Gasteiger partial charge in [0.15, 0.2) is 0 Å². The molecule has 0 aromatic carbocycles. The Morgan fingerprint density at radius 2 is 2.20 bits per heavy atom. The number of nitrogens with two attached hydrogens (primary N) is 1. The molecule has 0 saturated carbocycles. The third kappa shape index (κ3) is 5.66. The predicted molar refractivity (Wildman–Crippen MR) is 81.9 cm³/mol. The molecule has 1 aromatic heterocycles. The van der Waals surface area contributed by atoms with Gasteiger partial charge in [0.05, 0.1) is 0 Å². The van der Waals surface area contributed by atoms with Crippen LogP contribution < -0.4 is 16.6 Å². The molecule has 0 spiro atoms. The summed E-state index contributed by atoms with van der Waals surface area (Å²) >= 11 is 0. The van der Waals surface area contributed by atoms with Crippen LogP contribution in [0.1, 0.15) is 35.8 Å². The van der Waals surface area contributed by atoms with E-state index in [-0.39, 0.29) is 5.91 Å². The summed E-state index contributed by atoms with van der Waals surface area (Å²) in [6, 6.07) is 3.39. The smallest absolute Gasteiger partial charge is 0.251 e. The van der Waals surface area contributed by atoms with Gasteiger partial charge in [-0.1, -0.05) is 13.3 Å². The lowest BCUT2D eigenvalue weighted by Gasteiger charge is -2.09. The normalized spacial score (nSPS) is 11.9. The van der Waals surface area contributed by atoms with Crippen molar-refractivity contribution >= 4 is 22.5 Å². The number of rotatable bonds is 8. The van der Waals surface area contributed by atoms with E-state index < -0.39 is 10.8 Å². The monoisotopic (exact) mass is 298 g/mol. The van der Waals surface area contributed by atoms with Crippen LogP contribution in [0.3, 0.4) is 0 Å². The largest absolute Gasteiger partial charge is 0.352 e. The van der Waals surface area contributed by atoms with Gasteiger partial charge in [-0.05, 0) is 25.0 Å². The van der Waals surface area contributed by atoms with Crippen molar-refractivity contribution < 1.29 is 9.00 Å². The van der Waals surface area contributed by atoms with Crippen molar-refractivity contribution in [3.8, 4) is 0 Å². The Morgan fingerprint density at radius 3 is 2.80 bits per heavy atom. The number of hydrazine groups is 1. The van der Waals surface area contributed by atoms with E-state index in [1.807, 2.05) is 0 Å². The fourth-order valence-corrected chi connectivity index (χ4v) is 2.31. The number of carbonyl (C=O) groups is 1. The minimum atomic E-state index is -0.824. The van der Waals surface area contributed by atoms with Gasteiger partial charge in [0.1, 0.15) is 5.82 Å². The van der Waals surface area contributed by atoms with Crippen LogP contribution in [0.5, 0.6) is 0 Å². The van der Waals surface area contributed by atoms with Crippen molar-refractivity contribution in [3.63, 3.8) is 0 Å². The van der Waals surface area contributed by atoms with Gasteiger partial charge in [-0.25, -0.2) is 10.8 Å². The number of pyridine rings is 1. The van der Waals surface area contributed by atoms with Crippen LogP contribution in [0.2, 0.25) is 0 Å². The van der Waals surface area contributed by atoms with Crippen molar-refractivity contribution in [2.24, 2.45) is 5.84 Å². The van der Waals surface area contributed by atoms with Crippen LogP contribution in [-0.2, 0) is 17.2 Å². The summed E-state index contributed by atoms with van der Waals surface area (Å²) in [4.78, 5) is 16.3. The highest BCUT2D eigenvalue weighted by molar-refractivity contribution is 7.84. The molecule has 1 unspecified atom stereocenters. The summed E-state index contributed by atoms with van der Waals surface area (Å²) in [5.74, 6) is 6.27. The summed E-state index contributed by atoms with van der Waals surface area (Å²) < 4.78 is 10.9. The minimum Gasteiger partial charge on any atom is -0.352 e. The molecule has 20 heavy (non-hydrogen) atoms. The number of hydrogen-bond acceptors (Lipinski definition) is 5. The Hall–Kier alpha value is -1.47. The fourth-order valence-electron chi connectivity index (χ4n) is 1.76. The summed E-state index contributed by atoms with van der Waals surface area (Å²) in [6.07, 6.45) is 4.10. The van der Waals surface area contributed by atoms with Gasteiger partial charge in [-0.15, -0.1) is 0 Å². The van der Waals surface area contributed by atoms with Crippen LogP contribution in [0.15, 0.2) is 12.1 Å². The van der Waals surface area contributed by atoms with Gasteiger partial charge in [-0.3, -0.25) is 9.00 Å². The third-order valence-electron chi connectivity index (χ3n) is 2.69. The Labute approximate surface area is 122 Å². The van der Waals surface area contributed by atoms with E-state index in [1.54, 1.807) is 18.4 Å². The molecule has 0 saturated heterocycles. The Balaban J connectivity index is 2.66. The number of anilines is 1. The predicted octanol–water partition coefficient (Wildman–Crippen LogP) is 0.818. The average Bonchev–Trinajstić information content (AvgIpc) is 2.43. The quantitative estimate of drug-likeness (QED) is 0.375. The van der Waals surface area contributed by atoms with E-state index in [2.05, 4.69) is 22.7 Å². The molecule has 1 atom stereocenters. The summed E-state index contributed by atoms with van der Waals surface area (Å²) in [5.41, 5.74) is 3.84. The topological polar surface area (TPSA) is 97.1 Å². The van der Waals surface area contributed by atoms with E-state index in [0.29, 0.717) is 30.1 Å². The number of hydrogen-bond donors (Lipinski definition) is 3. The summed E-state index contributed by atoms with van der Waals surface area (Å²) in [7, 11) is -0.824. The molecule has 1 rings (SSSR count). The number of aromatic nitrogens is 1. The standard InChI is InChI=1S/C13H22N4O2S/c1-3-5-11-8-10(9-12(16-11)17-14)13(18)15-6-4-7-20(2)19/h8-9H,3-7,14H2,1-2H3,(H,15,18)(H,16,17). The molecule has 112 valence electrons. The third-order valence-corrected chi connectivity index (χ3v) is 3.55. The fraction of sp³-hybridized carbons (Fsp3) is 0.538. The van der Waals surface area contributed by atoms with E-state index in [1.165, 1.54) is 0 Å². The van der Waals surface area contributed by atoms with Crippen molar-refractivity contribution in [1.29, 1.82) is 0 Å². The number of carbonyl (C=O) groups excluding carboxylic acids is 1. The lowest BCUT2D eigenvalue weighted by Crippen LogP contribution is -2.26. The second-order valence-electron chi connectivity index (χ2n) is 4.51. The van der Waals surface area contributed by atoms with E-state index in [4.69, 9.17) is 5.84 Å². The molecule has 0 bridgehead atoms. The number of nitrogen functional groups attached to an aromatic ring is 1. The second kappa shape index (κ2) is 8.65. The summed E-state index contributed by atoms with van der Waals surface area (Å²) in [5, 5.41) is 2.81. The molecule has 4 N–H and O–H groups in total. The first kappa shape index (κ1) is 16.6. The zero-order valence-corrected chi connectivity index (χ0v) is 12.8. The van der Waals surface area contributed by atoms with E-state index in [0.717, 1.165) is 18.5 Å². The minimum absolute atomic E-state index is 0.164. The Kier molecular flexibility index (Phi) is 7.17. The molecular formula is C13H22N4O2S. The molecule has 0 aliphatic rings. The molecule has 0 radical (unpaired) electrons. The van der Waals surface area contributed by atoms with Crippen molar-refractivity contribution in [1.82, 2.24) is 10.3 Å². The lowest BCUT2D eigenvalue weighted by molar-refractivity contribution is 0.0953. The van der Waals surface area contributed by atoms with Crippen LogP contribution in [0.25, 0.3) is 0 Å². The number of amides is 1. The zero-order valence-electron chi connectivity index (χ0n) is 11.9. The second-order valence-corrected chi connectivity index (χ2v) is 6.07. The van der Waals surface area contributed by atoms with Gasteiger partial charge in [0.25, 0.3) is 5.91 Å². The van der Waals surface area contributed by atoms with Crippen LogP contribution >= 0.6 is 0 Å². The zero-order chi connectivity index (χ0) is 15.0. The van der Waals surface area contributed by atoms with Crippen molar-refractivity contribution in [2.75, 3.05) is 24.0 Å². The first-order chi connectivity index (χ1) is 9.56. The number of nitrogens with zero attached hydrogens (tertiary/aromatic N) is 1. The van der Waals surface area contributed by atoms with Crippen molar-refractivity contribution in [3.05, 3.63) is 23.4 Å². The SMILES string of the molecule is CCCc1cc(C(=O)NCCCS(C)=O)cc(NN)n1. The molecule has 7 heteroatoms. The maximum atomic E-state index is 12.0. The van der Waals surface area contributed by atoms with Crippen LogP contribution in [0, 0.1) is 0 Å².